The van der Waals surface area contributed by atoms with Crippen LogP contribution >= 0.6 is 11.6 Å². The number of nitrogens with two attached hydrogens (primary N) is 1. The van der Waals surface area contributed by atoms with Gasteiger partial charge in [-0.3, -0.25) is 0 Å². The average molecular weight is 260 g/mol. The van der Waals surface area contributed by atoms with E-state index in [2.05, 4.69) is 34.1 Å². The van der Waals surface area contributed by atoms with Gasteiger partial charge >= 0.3 is 0 Å². The molecule has 1 aromatic rings. The molecule has 0 bridgehead atoms. The molecular weight excluding hydrogens is 242 g/mol. The Kier molecular flexibility index (Phi) is 4.89. The Hall–Kier alpha value is -1.14. The Morgan fingerprint density at radius 2 is 2.06 bits per heavy atom. The second-order valence-electron chi connectivity index (χ2n) is 4.63. The van der Waals surface area contributed by atoms with Crippen molar-refractivity contribution in [2.45, 2.75) is 26.7 Å². The van der Waals surface area contributed by atoms with Gasteiger partial charge in [0.15, 0.2) is 0 Å². The molecule has 0 radical (unpaired) electrons. The molecule has 0 aliphatic carbocycles. The van der Waals surface area contributed by atoms with Gasteiger partial charge in [0.05, 0.1) is 0 Å². The van der Waals surface area contributed by atoms with Crippen LogP contribution in [-0.4, -0.2) is 33.2 Å². The number of aromatic nitrogens is 3. The van der Waals surface area contributed by atoms with E-state index < -0.39 is 0 Å². The van der Waals surface area contributed by atoms with Crippen LogP contribution in [0.5, 0.6) is 0 Å². The van der Waals surface area contributed by atoms with Crippen LogP contribution in [0.2, 0.25) is 5.28 Å². The summed E-state index contributed by atoms with van der Waals surface area (Å²) in [4.78, 5) is 11.5. The third-order valence-electron chi connectivity index (χ3n) is 2.36. The maximum absolute atomic E-state index is 8.80. The second kappa shape index (κ2) is 5.97. The minimum Gasteiger partial charge on any atom is -0.396 e. The Labute approximate surface area is 106 Å². The Morgan fingerprint density at radius 1 is 1.35 bits per heavy atom. The number of hydrogen-bond acceptors (Lipinski definition) is 6. The Morgan fingerprint density at radius 3 is 2.65 bits per heavy atom. The second-order valence-corrected chi connectivity index (χ2v) is 4.97. The molecule has 4 N–H and O–H groups in total. The van der Waals surface area contributed by atoms with Crippen LogP contribution in [0.4, 0.5) is 11.9 Å². The molecule has 0 saturated carbocycles. The fraction of sp³-hybridized carbons (Fsp3) is 0.700. The van der Waals surface area contributed by atoms with Gasteiger partial charge in [0.25, 0.3) is 0 Å². The van der Waals surface area contributed by atoms with Crippen molar-refractivity contribution in [2.24, 2.45) is 5.41 Å². The molecule has 0 unspecified atom stereocenters. The molecule has 7 heteroatoms. The van der Waals surface area contributed by atoms with Gasteiger partial charge in [0, 0.05) is 13.2 Å². The lowest BCUT2D eigenvalue weighted by Crippen LogP contribution is -2.24. The molecule has 0 spiro atoms. The first-order valence-corrected chi connectivity index (χ1v) is 5.82. The molecule has 96 valence electrons. The predicted octanol–water partition coefficient (Wildman–Crippen LogP) is 1.32. The number of nitrogens with zero attached hydrogens (tertiary/aromatic N) is 3. The van der Waals surface area contributed by atoms with Crippen molar-refractivity contribution in [3.05, 3.63) is 5.28 Å². The van der Waals surface area contributed by atoms with E-state index in [1.54, 1.807) is 0 Å². The van der Waals surface area contributed by atoms with Gasteiger partial charge in [-0.1, -0.05) is 13.8 Å². The highest BCUT2D eigenvalue weighted by Crippen LogP contribution is 2.22. The van der Waals surface area contributed by atoms with E-state index in [0.717, 1.165) is 12.8 Å². The zero-order valence-corrected chi connectivity index (χ0v) is 10.8. The zero-order valence-electron chi connectivity index (χ0n) is 10.1. The molecule has 1 aromatic heterocycles. The molecule has 0 saturated heterocycles. The number of hydrogen-bond donors (Lipinski definition) is 3. The molecule has 0 aliphatic heterocycles. The maximum Gasteiger partial charge on any atom is 0.228 e. The minimum absolute atomic E-state index is 0.0383. The largest absolute Gasteiger partial charge is 0.396 e. The number of nitrogen functional groups attached to an aromatic ring is 1. The quantitative estimate of drug-likeness (QED) is 0.713. The van der Waals surface area contributed by atoms with Crippen molar-refractivity contribution >= 4 is 23.5 Å². The van der Waals surface area contributed by atoms with E-state index in [0.29, 0.717) is 12.5 Å². The van der Waals surface area contributed by atoms with Gasteiger partial charge in [0.1, 0.15) is 0 Å². The van der Waals surface area contributed by atoms with Gasteiger partial charge in [0.2, 0.25) is 17.2 Å². The van der Waals surface area contributed by atoms with Crippen molar-refractivity contribution in [3.63, 3.8) is 0 Å². The highest BCUT2D eigenvalue weighted by molar-refractivity contribution is 6.28. The lowest BCUT2D eigenvalue weighted by atomic mass is 9.88. The van der Waals surface area contributed by atoms with E-state index in [1.165, 1.54) is 0 Å². The molecule has 0 fully saturated rings. The van der Waals surface area contributed by atoms with Gasteiger partial charge < -0.3 is 16.2 Å². The summed E-state index contributed by atoms with van der Waals surface area (Å²) in [5.41, 5.74) is 5.50. The SMILES string of the molecule is CC(C)(CCCO)CNc1nc(N)nc(Cl)n1. The fourth-order valence-electron chi connectivity index (χ4n) is 1.41. The summed E-state index contributed by atoms with van der Waals surface area (Å²) >= 11 is 5.67. The van der Waals surface area contributed by atoms with E-state index in [9.17, 15) is 0 Å². The highest BCUT2D eigenvalue weighted by atomic mass is 35.5. The predicted molar refractivity (Wildman–Crippen MR) is 67.8 cm³/mol. The summed E-state index contributed by atoms with van der Waals surface area (Å²) in [5.74, 6) is 0.472. The standard InChI is InChI=1S/C10H18ClN5O/c1-10(2,4-3-5-17)6-13-9-15-7(11)14-8(12)16-9/h17H,3-6H2,1-2H3,(H3,12,13,14,15,16). The van der Waals surface area contributed by atoms with Crippen molar-refractivity contribution in [1.82, 2.24) is 15.0 Å². The molecular formula is C10H18ClN5O. The summed E-state index contributed by atoms with van der Waals surface area (Å²) < 4.78 is 0. The van der Waals surface area contributed by atoms with Gasteiger partial charge in [-0.05, 0) is 29.9 Å². The monoisotopic (exact) mass is 259 g/mol. The lowest BCUT2D eigenvalue weighted by Gasteiger charge is -2.24. The third kappa shape index (κ3) is 5.14. The first-order valence-electron chi connectivity index (χ1n) is 5.45. The number of nitrogens with one attached hydrogen (secondary N) is 1. The van der Waals surface area contributed by atoms with E-state index in [-0.39, 0.29) is 23.3 Å². The van der Waals surface area contributed by atoms with Gasteiger partial charge in [-0.25, -0.2) is 0 Å². The van der Waals surface area contributed by atoms with Gasteiger partial charge in [-0.15, -0.1) is 0 Å². The van der Waals surface area contributed by atoms with Crippen LogP contribution in [0.3, 0.4) is 0 Å². The molecule has 17 heavy (non-hydrogen) atoms. The van der Waals surface area contributed by atoms with Crippen LogP contribution < -0.4 is 11.1 Å². The van der Waals surface area contributed by atoms with Crippen molar-refractivity contribution in [2.75, 3.05) is 24.2 Å². The molecule has 1 rings (SSSR count). The summed E-state index contributed by atoms with van der Waals surface area (Å²) in [6, 6.07) is 0. The first-order chi connectivity index (χ1) is 7.93. The number of halogens is 1. The molecule has 1 heterocycles. The molecule has 0 amide bonds. The normalized spacial score (nSPS) is 11.5. The van der Waals surface area contributed by atoms with Crippen LogP contribution in [0, 0.1) is 5.41 Å². The van der Waals surface area contributed by atoms with E-state index in [1.807, 2.05) is 0 Å². The van der Waals surface area contributed by atoms with Crippen molar-refractivity contribution in [3.8, 4) is 0 Å². The number of aliphatic hydroxyl groups excluding tert-OH is 1. The number of anilines is 2. The smallest absolute Gasteiger partial charge is 0.228 e. The molecule has 0 aliphatic rings. The summed E-state index contributed by atoms with van der Waals surface area (Å²) in [6.45, 7) is 5.07. The molecule has 0 atom stereocenters. The fourth-order valence-corrected chi connectivity index (χ4v) is 1.58. The van der Waals surface area contributed by atoms with Crippen molar-refractivity contribution < 1.29 is 5.11 Å². The van der Waals surface area contributed by atoms with Gasteiger partial charge in [-0.2, -0.15) is 15.0 Å². The Bertz CT molecular complexity index is 351. The topological polar surface area (TPSA) is 97.0 Å². The van der Waals surface area contributed by atoms with Crippen LogP contribution in [-0.2, 0) is 0 Å². The summed E-state index contributed by atoms with van der Waals surface area (Å²) in [7, 11) is 0. The van der Waals surface area contributed by atoms with E-state index >= 15 is 0 Å². The van der Waals surface area contributed by atoms with E-state index in [4.69, 9.17) is 22.4 Å². The minimum atomic E-state index is 0.0383. The Balaban J connectivity index is 2.54. The number of aliphatic hydroxyl groups is 1. The summed E-state index contributed by atoms with van der Waals surface area (Å²) in [6.07, 6.45) is 1.68. The lowest BCUT2D eigenvalue weighted by molar-refractivity contribution is 0.247. The van der Waals surface area contributed by atoms with Crippen molar-refractivity contribution in [1.29, 1.82) is 0 Å². The van der Waals surface area contributed by atoms with Crippen LogP contribution in [0.25, 0.3) is 0 Å². The third-order valence-corrected chi connectivity index (χ3v) is 2.53. The molecule has 0 aromatic carbocycles. The van der Waals surface area contributed by atoms with Crippen LogP contribution in [0.1, 0.15) is 26.7 Å². The number of rotatable bonds is 6. The van der Waals surface area contributed by atoms with Crippen LogP contribution in [0.15, 0.2) is 0 Å². The first kappa shape index (κ1) is 13.9. The summed E-state index contributed by atoms with van der Waals surface area (Å²) in [5, 5.41) is 11.9. The average Bonchev–Trinajstić information content (AvgIpc) is 2.23. The highest BCUT2D eigenvalue weighted by Gasteiger charge is 2.17. The zero-order chi connectivity index (χ0) is 12.9. The molecule has 6 nitrogen and oxygen atoms in total. The maximum atomic E-state index is 8.80.